The molecular weight excluding hydrogens is 188 g/mol. The van der Waals surface area contributed by atoms with Crippen LogP contribution < -0.4 is 0 Å². The van der Waals surface area contributed by atoms with E-state index in [1.54, 1.807) is 12.5 Å². The first kappa shape index (κ1) is 8.29. The Kier molecular flexibility index (Phi) is 1.81. The van der Waals surface area contributed by atoms with E-state index in [1.165, 1.54) is 5.56 Å². The molecule has 0 unspecified atom stereocenters. The molecule has 1 aromatic rings. The molecule has 1 aliphatic carbocycles. The van der Waals surface area contributed by atoms with Gasteiger partial charge in [-0.05, 0) is 12.1 Å². The molecular formula is C12H10N2O. The summed E-state index contributed by atoms with van der Waals surface area (Å²) in [6.07, 6.45) is 7.24. The van der Waals surface area contributed by atoms with Crippen molar-refractivity contribution in [1.82, 2.24) is 9.55 Å². The van der Waals surface area contributed by atoms with Gasteiger partial charge in [-0.25, -0.2) is 4.98 Å². The van der Waals surface area contributed by atoms with Crippen LogP contribution in [-0.4, -0.2) is 9.55 Å². The van der Waals surface area contributed by atoms with Crippen molar-refractivity contribution >= 4 is 0 Å². The monoisotopic (exact) mass is 198 g/mol. The Morgan fingerprint density at radius 1 is 1.27 bits per heavy atom. The van der Waals surface area contributed by atoms with Crippen LogP contribution >= 0.6 is 0 Å². The predicted molar refractivity (Wildman–Crippen MR) is 56.7 cm³/mol. The number of imidazole rings is 1. The van der Waals surface area contributed by atoms with E-state index in [4.69, 9.17) is 4.42 Å². The standard InChI is InChI=1S/C12H10N2O/c1-2-10-3-4-11(12(10)15-7-1)8-14-6-5-13-9-14/h1-7,9H,8H2. The third-order valence-corrected chi connectivity index (χ3v) is 2.47. The van der Waals surface area contributed by atoms with Crippen molar-refractivity contribution in [3.8, 4) is 11.3 Å². The molecule has 3 heteroatoms. The van der Waals surface area contributed by atoms with Crippen LogP contribution in [0.4, 0.5) is 0 Å². The van der Waals surface area contributed by atoms with Gasteiger partial charge in [0.2, 0.25) is 0 Å². The second kappa shape index (κ2) is 3.28. The summed E-state index contributed by atoms with van der Waals surface area (Å²) in [6.45, 7) is 0.803. The molecule has 15 heavy (non-hydrogen) atoms. The summed E-state index contributed by atoms with van der Waals surface area (Å²) in [5.41, 5.74) is 2.33. The Morgan fingerprint density at radius 3 is 3.13 bits per heavy atom. The molecule has 0 N–H and O–H groups in total. The summed E-state index contributed by atoms with van der Waals surface area (Å²) < 4.78 is 7.52. The van der Waals surface area contributed by atoms with Gasteiger partial charge in [0, 0.05) is 23.5 Å². The summed E-state index contributed by atoms with van der Waals surface area (Å²) >= 11 is 0. The number of fused-ring (bicyclic) bond motifs is 1. The van der Waals surface area contributed by atoms with Gasteiger partial charge in [-0.15, -0.1) is 0 Å². The van der Waals surface area contributed by atoms with Crippen LogP contribution in [-0.2, 0) is 6.54 Å². The fourth-order valence-electron chi connectivity index (χ4n) is 1.75. The number of nitrogens with zero attached hydrogens (tertiary/aromatic N) is 2. The first-order chi connectivity index (χ1) is 7.43. The van der Waals surface area contributed by atoms with Gasteiger partial charge >= 0.3 is 0 Å². The molecule has 0 saturated heterocycles. The van der Waals surface area contributed by atoms with Crippen LogP contribution in [0, 0.1) is 0 Å². The minimum absolute atomic E-state index is 0.803. The lowest BCUT2D eigenvalue weighted by molar-refractivity contribution is 0.558. The highest BCUT2D eigenvalue weighted by molar-refractivity contribution is 5.64. The highest BCUT2D eigenvalue weighted by atomic mass is 16.3. The first-order valence-corrected chi connectivity index (χ1v) is 4.84. The molecule has 0 radical (unpaired) electrons. The van der Waals surface area contributed by atoms with Crippen molar-refractivity contribution in [2.24, 2.45) is 0 Å². The molecule has 0 bridgehead atoms. The van der Waals surface area contributed by atoms with E-state index in [1.807, 2.05) is 23.2 Å². The fraction of sp³-hybridized carbons (Fsp3) is 0.0833. The minimum Gasteiger partial charge on any atom is -0.464 e. The molecule has 0 amide bonds. The zero-order valence-corrected chi connectivity index (χ0v) is 8.13. The Labute approximate surface area is 87.3 Å². The van der Waals surface area contributed by atoms with Crippen molar-refractivity contribution < 1.29 is 4.42 Å². The van der Waals surface area contributed by atoms with Crippen molar-refractivity contribution in [2.45, 2.75) is 6.54 Å². The summed E-state index contributed by atoms with van der Waals surface area (Å²) in [5, 5.41) is 0. The van der Waals surface area contributed by atoms with Gasteiger partial charge in [0.25, 0.3) is 0 Å². The van der Waals surface area contributed by atoms with Crippen LogP contribution in [0.25, 0.3) is 11.3 Å². The van der Waals surface area contributed by atoms with Gasteiger partial charge in [0.15, 0.2) is 0 Å². The Bertz CT molecular complexity index is 524. The normalized spacial score (nSPS) is 10.9. The lowest BCUT2D eigenvalue weighted by Crippen LogP contribution is -1.95. The highest BCUT2D eigenvalue weighted by Gasteiger charge is 2.10. The maximum absolute atomic E-state index is 5.50. The van der Waals surface area contributed by atoms with E-state index in [2.05, 4.69) is 23.2 Å². The van der Waals surface area contributed by atoms with Crippen LogP contribution in [0.3, 0.4) is 0 Å². The van der Waals surface area contributed by atoms with Gasteiger partial charge in [-0.1, -0.05) is 12.1 Å². The van der Waals surface area contributed by atoms with Crippen LogP contribution in [0.15, 0.2) is 53.7 Å². The average Bonchev–Trinajstić information content (AvgIpc) is 2.89. The van der Waals surface area contributed by atoms with E-state index in [-0.39, 0.29) is 0 Å². The number of rotatable bonds is 2. The van der Waals surface area contributed by atoms with E-state index in [9.17, 15) is 0 Å². The Morgan fingerprint density at radius 2 is 2.27 bits per heavy atom. The largest absolute Gasteiger partial charge is 0.464 e. The lowest BCUT2D eigenvalue weighted by Gasteiger charge is -2.03. The quantitative estimate of drug-likeness (QED) is 0.633. The second-order valence-corrected chi connectivity index (χ2v) is 3.49. The topological polar surface area (TPSA) is 31.0 Å². The molecule has 0 atom stereocenters. The molecule has 1 aliphatic heterocycles. The van der Waals surface area contributed by atoms with E-state index < -0.39 is 0 Å². The predicted octanol–water partition coefficient (Wildman–Crippen LogP) is 2.63. The SMILES string of the molecule is c1coc2c(Cn3ccnc3)ccc-2c1. The molecule has 0 aromatic carbocycles. The lowest BCUT2D eigenvalue weighted by atomic mass is 10.2. The molecule has 3 rings (SSSR count). The van der Waals surface area contributed by atoms with Crippen molar-refractivity contribution in [1.29, 1.82) is 0 Å². The third kappa shape index (κ3) is 1.42. The number of hydrogen-bond donors (Lipinski definition) is 0. The third-order valence-electron chi connectivity index (χ3n) is 2.47. The summed E-state index contributed by atoms with van der Waals surface area (Å²) in [6, 6.07) is 8.12. The van der Waals surface area contributed by atoms with Gasteiger partial charge < -0.3 is 8.98 Å². The molecule has 1 aromatic heterocycles. The molecule has 0 fully saturated rings. The second-order valence-electron chi connectivity index (χ2n) is 3.49. The Hall–Kier alpha value is -2.03. The molecule has 0 spiro atoms. The van der Waals surface area contributed by atoms with Crippen molar-refractivity contribution in [3.05, 3.63) is 54.8 Å². The van der Waals surface area contributed by atoms with Crippen LogP contribution in [0.5, 0.6) is 0 Å². The average molecular weight is 198 g/mol. The molecule has 2 heterocycles. The van der Waals surface area contributed by atoms with Gasteiger partial charge in [0.05, 0.1) is 19.1 Å². The molecule has 2 aliphatic rings. The van der Waals surface area contributed by atoms with Crippen LogP contribution in [0.2, 0.25) is 0 Å². The summed E-state index contributed by atoms with van der Waals surface area (Å²) in [7, 11) is 0. The summed E-state index contributed by atoms with van der Waals surface area (Å²) in [4.78, 5) is 4.02. The van der Waals surface area contributed by atoms with Gasteiger partial charge in [0.1, 0.15) is 5.76 Å². The van der Waals surface area contributed by atoms with Crippen molar-refractivity contribution in [3.63, 3.8) is 0 Å². The zero-order valence-electron chi connectivity index (χ0n) is 8.13. The van der Waals surface area contributed by atoms with Crippen molar-refractivity contribution in [2.75, 3.05) is 0 Å². The van der Waals surface area contributed by atoms with Crippen LogP contribution in [0.1, 0.15) is 5.56 Å². The molecule has 0 saturated carbocycles. The smallest absolute Gasteiger partial charge is 0.138 e. The van der Waals surface area contributed by atoms with E-state index in [0.717, 1.165) is 17.9 Å². The molecule has 74 valence electrons. The highest BCUT2D eigenvalue weighted by Crippen LogP contribution is 2.27. The maximum Gasteiger partial charge on any atom is 0.138 e. The van der Waals surface area contributed by atoms with E-state index in [0.29, 0.717) is 0 Å². The fourth-order valence-corrected chi connectivity index (χ4v) is 1.75. The Balaban J connectivity index is 1.99. The number of aromatic nitrogens is 2. The maximum atomic E-state index is 5.50. The molecule has 3 nitrogen and oxygen atoms in total. The first-order valence-electron chi connectivity index (χ1n) is 4.84. The zero-order chi connectivity index (χ0) is 10.1. The minimum atomic E-state index is 0.803. The summed E-state index contributed by atoms with van der Waals surface area (Å²) in [5.74, 6) is 0.964. The number of hydrogen-bond acceptors (Lipinski definition) is 2. The van der Waals surface area contributed by atoms with E-state index >= 15 is 0 Å². The van der Waals surface area contributed by atoms with Gasteiger partial charge in [-0.3, -0.25) is 0 Å². The van der Waals surface area contributed by atoms with Gasteiger partial charge in [-0.2, -0.15) is 0 Å².